The lowest BCUT2D eigenvalue weighted by molar-refractivity contribution is 0.300. The Morgan fingerprint density at radius 3 is 2.30 bits per heavy atom. The number of benzene rings is 2. The molecule has 2 aromatic carbocycles. The van der Waals surface area contributed by atoms with Crippen LogP contribution in [0.1, 0.15) is 28.8 Å². The summed E-state index contributed by atoms with van der Waals surface area (Å²) in [5, 5.41) is 3.11. The van der Waals surface area contributed by atoms with Crippen LogP contribution in [0.4, 0.5) is 0 Å². The van der Waals surface area contributed by atoms with Gasteiger partial charge in [-0.15, -0.1) is 11.3 Å². The third kappa shape index (κ3) is 6.08. The summed E-state index contributed by atoms with van der Waals surface area (Å²) in [6, 6.07) is 16.4. The highest BCUT2D eigenvalue weighted by Crippen LogP contribution is 2.18. The van der Waals surface area contributed by atoms with E-state index in [4.69, 9.17) is 14.5 Å². The van der Waals surface area contributed by atoms with E-state index in [9.17, 15) is 0 Å². The van der Waals surface area contributed by atoms with Crippen molar-refractivity contribution < 1.29 is 9.47 Å². The first-order chi connectivity index (χ1) is 13.1. The molecule has 4 nitrogen and oxygen atoms in total. The molecule has 3 aromatic rings. The van der Waals surface area contributed by atoms with Gasteiger partial charge in [0.1, 0.15) is 23.1 Å². The molecule has 0 aliphatic rings. The monoisotopic (exact) mass is 382 g/mol. The average molecular weight is 383 g/mol. The van der Waals surface area contributed by atoms with E-state index in [1.807, 2.05) is 31.2 Å². The number of rotatable bonds is 9. The van der Waals surface area contributed by atoms with Gasteiger partial charge in [-0.05, 0) is 50.7 Å². The third-order valence-electron chi connectivity index (χ3n) is 4.10. The molecule has 142 valence electrons. The standard InChI is InChI=1S/C22H26N2O2S/c1-4-25-20-11-7-18(8-12-20)13-24(3)14-19-16-27-22(23-19)15-26-21-9-5-17(2)6-10-21/h5-12,16H,4,13-15H2,1-3H3. The summed E-state index contributed by atoms with van der Waals surface area (Å²) in [4.78, 5) is 6.95. The maximum absolute atomic E-state index is 5.81. The van der Waals surface area contributed by atoms with Gasteiger partial charge in [0, 0.05) is 18.5 Å². The van der Waals surface area contributed by atoms with Gasteiger partial charge in [0.15, 0.2) is 0 Å². The molecule has 0 fully saturated rings. The molecule has 5 heteroatoms. The Bertz CT molecular complexity index is 828. The van der Waals surface area contributed by atoms with Crippen molar-refractivity contribution in [3.05, 3.63) is 75.7 Å². The summed E-state index contributed by atoms with van der Waals surface area (Å²) in [6.45, 7) is 6.96. The topological polar surface area (TPSA) is 34.6 Å². The first-order valence-electron chi connectivity index (χ1n) is 9.15. The minimum atomic E-state index is 0.510. The smallest absolute Gasteiger partial charge is 0.140 e. The van der Waals surface area contributed by atoms with E-state index >= 15 is 0 Å². The minimum absolute atomic E-state index is 0.510. The van der Waals surface area contributed by atoms with Crippen molar-refractivity contribution in [2.24, 2.45) is 0 Å². The third-order valence-corrected chi connectivity index (χ3v) is 4.97. The molecule has 27 heavy (non-hydrogen) atoms. The molecule has 0 spiro atoms. The van der Waals surface area contributed by atoms with Crippen molar-refractivity contribution >= 4 is 11.3 Å². The van der Waals surface area contributed by atoms with Crippen LogP contribution in [0.3, 0.4) is 0 Å². The quantitative estimate of drug-likeness (QED) is 0.518. The highest BCUT2D eigenvalue weighted by molar-refractivity contribution is 7.09. The fourth-order valence-electron chi connectivity index (χ4n) is 2.77. The molecule has 0 N–H and O–H groups in total. The second-order valence-corrected chi connectivity index (χ2v) is 7.53. The number of hydrogen-bond donors (Lipinski definition) is 0. The second kappa shape index (κ2) is 9.53. The van der Waals surface area contributed by atoms with Crippen molar-refractivity contribution in [2.45, 2.75) is 33.5 Å². The number of aryl methyl sites for hydroxylation is 1. The van der Waals surface area contributed by atoms with Crippen LogP contribution >= 0.6 is 11.3 Å². The predicted molar refractivity (Wildman–Crippen MR) is 110 cm³/mol. The van der Waals surface area contributed by atoms with E-state index in [1.54, 1.807) is 11.3 Å². The molecule has 0 aliphatic heterocycles. The van der Waals surface area contributed by atoms with Gasteiger partial charge in [0.05, 0.1) is 12.3 Å². The number of thiazole rings is 1. The van der Waals surface area contributed by atoms with Crippen LogP contribution in [-0.2, 0) is 19.7 Å². The van der Waals surface area contributed by atoms with E-state index < -0.39 is 0 Å². The molecule has 0 radical (unpaired) electrons. The maximum atomic E-state index is 5.81. The molecule has 3 rings (SSSR count). The number of hydrogen-bond acceptors (Lipinski definition) is 5. The fraction of sp³-hybridized carbons (Fsp3) is 0.318. The molecule has 0 atom stereocenters. The Morgan fingerprint density at radius 2 is 1.59 bits per heavy atom. The van der Waals surface area contributed by atoms with E-state index in [0.29, 0.717) is 13.2 Å². The number of nitrogens with zero attached hydrogens (tertiary/aromatic N) is 2. The van der Waals surface area contributed by atoms with Crippen molar-refractivity contribution in [3.63, 3.8) is 0 Å². The molecule has 0 saturated heterocycles. The van der Waals surface area contributed by atoms with Crippen LogP contribution in [-0.4, -0.2) is 23.5 Å². The lowest BCUT2D eigenvalue weighted by Crippen LogP contribution is -2.17. The summed E-state index contributed by atoms with van der Waals surface area (Å²) < 4.78 is 11.3. The van der Waals surface area contributed by atoms with E-state index in [1.165, 1.54) is 11.1 Å². The lowest BCUT2D eigenvalue weighted by atomic mass is 10.2. The lowest BCUT2D eigenvalue weighted by Gasteiger charge is -2.15. The Balaban J connectivity index is 1.48. The highest BCUT2D eigenvalue weighted by atomic mass is 32.1. The first-order valence-corrected chi connectivity index (χ1v) is 10.0. The number of ether oxygens (including phenoxy) is 2. The van der Waals surface area contributed by atoms with Crippen LogP contribution in [0, 0.1) is 6.92 Å². The summed E-state index contributed by atoms with van der Waals surface area (Å²) in [5.74, 6) is 1.80. The highest BCUT2D eigenvalue weighted by Gasteiger charge is 2.07. The van der Waals surface area contributed by atoms with Gasteiger partial charge in [-0.1, -0.05) is 29.8 Å². The predicted octanol–water partition coefficient (Wildman–Crippen LogP) is 5.06. The van der Waals surface area contributed by atoms with E-state index in [0.717, 1.165) is 35.3 Å². The van der Waals surface area contributed by atoms with Crippen molar-refractivity contribution in [1.82, 2.24) is 9.88 Å². The number of aromatic nitrogens is 1. The van der Waals surface area contributed by atoms with Gasteiger partial charge in [-0.25, -0.2) is 4.98 Å². The Kier molecular flexibility index (Phi) is 6.85. The van der Waals surface area contributed by atoms with Crippen molar-refractivity contribution in [1.29, 1.82) is 0 Å². The van der Waals surface area contributed by atoms with Gasteiger partial charge >= 0.3 is 0 Å². The Hall–Kier alpha value is -2.37. The zero-order chi connectivity index (χ0) is 19.1. The molecule has 0 aliphatic carbocycles. The summed E-state index contributed by atoms with van der Waals surface area (Å²) in [5.41, 5.74) is 3.57. The zero-order valence-corrected chi connectivity index (χ0v) is 17.0. The van der Waals surface area contributed by atoms with E-state index in [2.05, 4.69) is 48.5 Å². The van der Waals surface area contributed by atoms with Crippen LogP contribution in [0.5, 0.6) is 11.5 Å². The molecule has 1 aromatic heterocycles. The molecule has 1 heterocycles. The Labute approximate surface area is 165 Å². The normalized spacial score (nSPS) is 11.0. The molecule has 0 amide bonds. The van der Waals surface area contributed by atoms with Gasteiger partial charge in [0.2, 0.25) is 0 Å². The van der Waals surface area contributed by atoms with Crippen LogP contribution in [0.2, 0.25) is 0 Å². The molecule has 0 unspecified atom stereocenters. The van der Waals surface area contributed by atoms with Gasteiger partial charge < -0.3 is 9.47 Å². The van der Waals surface area contributed by atoms with Gasteiger partial charge in [-0.2, -0.15) is 0 Å². The zero-order valence-electron chi connectivity index (χ0n) is 16.1. The second-order valence-electron chi connectivity index (χ2n) is 6.58. The molecule has 0 bridgehead atoms. The minimum Gasteiger partial charge on any atom is -0.494 e. The first kappa shape index (κ1) is 19.4. The van der Waals surface area contributed by atoms with Gasteiger partial charge in [-0.3, -0.25) is 4.90 Å². The summed E-state index contributed by atoms with van der Waals surface area (Å²) >= 11 is 1.65. The molecule has 0 saturated carbocycles. The van der Waals surface area contributed by atoms with E-state index in [-0.39, 0.29) is 0 Å². The van der Waals surface area contributed by atoms with Gasteiger partial charge in [0.25, 0.3) is 0 Å². The van der Waals surface area contributed by atoms with Crippen molar-refractivity contribution in [3.8, 4) is 11.5 Å². The summed E-state index contributed by atoms with van der Waals surface area (Å²) in [7, 11) is 2.11. The Morgan fingerprint density at radius 1 is 0.926 bits per heavy atom. The molecular formula is C22H26N2O2S. The van der Waals surface area contributed by atoms with Crippen molar-refractivity contribution in [2.75, 3.05) is 13.7 Å². The molecular weight excluding hydrogens is 356 g/mol. The fourth-order valence-corrected chi connectivity index (χ4v) is 3.47. The largest absolute Gasteiger partial charge is 0.494 e. The van der Waals surface area contributed by atoms with Crippen LogP contribution in [0.25, 0.3) is 0 Å². The van der Waals surface area contributed by atoms with Crippen LogP contribution < -0.4 is 9.47 Å². The average Bonchev–Trinajstić information content (AvgIpc) is 3.10. The maximum Gasteiger partial charge on any atom is 0.140 e. The summed E-state index contributed by atoms with van der Waals surface area (Å²) in [6.07, 6.45) is 0. The van der Waals surface area contributed by atoms with Crippen LogP contribution in [0.15, 0.2) is 53.9 Å². The SMILES string of the molecule is CCOc1ccc(CN(C)Cc2csc(COc3ccc(C)cc3)n2)cc1.